The van der Waals surface area contributed by atoms with E-state index >= 15 is 0 Å². The number of fused-ring (bicyclic) bond motifs is 1. The molecule has 1 spiro atoms. The first kappa shape index (κ1) is 30.0. The van der Waals surface area contributed by atoms with Gasteiger partial charge in [-0.15, -0.1) is 13.2 Å². The van der Waals surface area contributed by atoms with Gasteiger partial charge in [-0.3, -0.25) is 14.4 Å². The number of aliphatic hydroxyl groups is 1. The van der Waals surface area contributed by atoms with Crippen LogP contribution in [0.2, 0.25) is 0 Å². The second-order valence-corrected chi connectivity index (χ2v) is 11.8. The van der Waals surface area contributed by atoms with E-state index in [1.54, 1.807) is 26.9 Å². The molecule has 3 aliphatic heterocycles. The number of rotatable bonds is 13. The number of likely N-dealkylation sites (tertiary alicyclic amines) is 1. The minimum Gasteiger partial charge on any atom is -0.394 e. The van der Waals surface area contributed by atoms with Gasteiger partial charge < -0.3 is 24.5 Å². The van der Waals surface area contributed by atoms with Crippen LogP contribution in [0.1, 0.15) is 52.5 Å². The van der Waals surface area contributed by atoms with Gasteiger partial charge in [0.15, 0.2) is 0 Å². The summed E-state index contributed by atoms with van der Waals surface area (Å²) in [7, 11) is 0. The van der Waals surface area contributed by atoms with Crippen LogP contribution >= 0.6 is 0 Å². The molecule has 1 aromatic rings. The zero-order valence-corrected chi connectivity index (χ0v) is 24.4. The fraction of sp³-hybridized carbons (Fsp3) is 0.594. The number of nitrogens with zero attached hydrogens (tertiary/aromatic N) is 3. The largest absolute Gasteiger partial charge is 0.394 e. The number of benzene rings is 1. The number of hydrogen-bond acceptors (Lipinski definition) is 5. The SMILES string of the molecule is C=CCN(Cc1ccccc1)C(=O)[C@@H]1[C@H]2C(=O)N([C@@H](CO)[C@@H](C)CC)C(C(=O)N(CC=C)C(C)C)C23CC[C@H]1O3. The molecule has 3 aliphatic rings. The van der Waals surface area contributed by atoms with Crippen molar-refractivity contribution in [3.8, 4) is 0 Å². The summed E-state index contributed by atoms with van der Waals surface area (Å²) in [5.41, 5.74) is -0.126. The van der Waals surface area contributed by atoms with Crippen molar-refractivity contribution in [2.24, 2.45) is 17.8 Å². The van der Waals surface area contributed by atoms with E-state index in [4.69, 9.17) is 4.74 Å². The Kier molecular flexibility index (Phi) is 9.20. The summed E-state index contributed by atoms with van der Waals surface area (Å²) in [5, 5.41) is 10.5. The van der Waals surface area contributed by atoms with Gasteiger partial charge in [0.25, 0.3) is 0 Å². The molecule has 8 nitrogen and oxygen atoms in total. The molecule has 8 heteroatoms. The van der Waals surface area contributed by atoms with Crippen molar-refractivity contribution >= 4 is 17.7 Å². The number of carbonyl (C=O) groups excluding carboxylic acids is 3. The van der Waals surface area contributed by atoms with E-state index in [0.29, 0.717) is 32.5 Å². The molecule has 4 rings (SSSR count). The first-order chi connectivity index (χ1) is 19.2. The maximum atomic E-state index is 14.5. The Bertz CT molecular complexity index is 1110. The van der Waals surface area contributed by atoms with Crippen LogP contribution < -0.4 is 0 Å². The zero-order valence-electron chi connectivity index (χ0n) is 24.4. The van der Waals surface area contributed by atoms with Crippen molar-refractivity contribution in [1.29, 1.82) is 0 Å². The van der Waals surface area contributed by atoms with Gasteiger partial charge >= 0.3 is 0 Å². The van der Waals surface area contributed by atoms with Crippen molar-refractivity contribution in [2.45, 2.75) is 83.3 Å². The topological polar surface area (TPSA) is 90.4 Å². The quantitative estimate of drug-likeness (QED) is 0.380. The molecule has 2 unspecified atom stereocenters. The lowest BCUT2D eigenvalue weighted by Gasteiger charge is -2.41. The number of amides is 3. The molecular formula is C32H45N3O5. The average molecular weight is 552 g/mol. The number of aliphatic hydroxyl groups excluding tert-OH is 1. The van der Waals surface area contributed by atoms with Gasteiger partial charge in [-0.2, -0.15) is 0 Å². The van der Waals surface area contributed by atoms with Crippen LogP contribution in [0.25, 0.3) is 0 Å². The lowest BCUT2D eigenvalue weighted by molar-refractivity contribution is -0.154. The summed E-state index contributed by atoms with van der Waals surface area (Å²) in [6, 6.07) is 8.14. The molecule has 3 fully saturated rings. The first-order valence-corrected chi connectivity index (χ1v) is 14.6. The maximum Gasteiger partial charge on any atom is 0.248 e. The molecule has 3 saturated heterocycles. The normalized spacial score (nSPS) is 28.4. The summed E-state index contributed by atoms with van der Waals surface area (Å²) >= 11 is 0. The van der Waals surface area contributed by atoms with E-state index in [9.17, 15) is 19.5 Å². The lowest BCUT2D eigenvalue weighted by atomic mass is 9.70. The maximum absolute atomic E-state index is 14.5. The van der Waals surface area contributed by atoms with Crippen LogP contribution in [0, 0.1) is 17.8 Å². The van der Waals surface area contributed by atoms with Crippen molar-refractivity contribution < 1.29 is 24.2 Å². The minimum atomic E-state index is -1.11. The van der Waals surface area contributed by atoms with Crippen LogP contribution in [0.4, 0.5) is 0 Å². The van der Waals surface area contributed by atoms with Crippen LogP contribution in [0.5, 0.6) is 0 Å². The summed E-state index contributed by atoms with van der Waals surface area (Å²) in [6.45, 7) is 16.3. The van der Waals surface area contributed by atoms with E-state index < -0.39 is 35.6 Å². The van der Waals surface area contributed by atoms with Gasteiger partial charge in [0, 0.05) is 25.7 Å². The molecule has 218 valence electrons. The summed E-state index contributed by atoms with van der Waals surface area (Å²) in [6.07, 6.45) is 4.78. The van der Waals surface area contributed by atoms with Crippen molar-refractivity contribution in [3.05, 3.63) is 61.2 Å². The fourth-order valence-electron chi connectivity index (χ4n) is 7.08. The van der Waals surface area contributed by atoms with Gasteiger partial charge in [-0.25, -0.2) is 0 Å². The Morgan fingerprint density at radius 2 is 1.82 bits per heavy atom. The second-order valence-electron chi connectivity index (χ2n) is 11.8. The van der Waals surface area contributed by atoms with E-state index in [2.05, 4.69) is 13.2 Å². The molecule has 3 heterocycles. The van der Waals surface area contributed by atoms with Gasteiger partial charge in [0.05, 0.1) is 30.6 Å². The Hall–Kier alpha value is -2.97. The van der Waals surface area contributed by atoms with Crippen molar-refractivity contribution in [1.82, 2.24) is 14.7 Å². The number of ether oxygens (including phenoxy) is 1. The number of hydrogen-bond donors (Lipinski definition) is 1. The molecule has 1 aromatic carbocycles. The third-order valence-electron chi connectivity index (χ3n) is 9.21. The van der Waals surface area contributed by atoms with Crippen molar-refractivity contribution in [2.75, 3.05) is 19.7 Å². The number of carbonyl (C=O) groups is 3. The molecule has 40 heavy (non-hydrogen) atoms. The monoisotopic (exact) mass is 551 g/mol. The molecule has 2 bridgehead atoms. The molecular weight excluding hydrogens is 506 g/mol. The van der Waals surface area contributed by atoms with E-state index in [1.165, 1.54) is 0 Å². The third kappa shape index (κ3) is 5.00. The van der Waals surface area contributed by atoms with Crippen LogP contribution in [0.15, 0.2) is 55.6 Å². The Morgan fingerprint density at radius 3 is 2.40 bits per heavy atom. The standard InChI is InChI=1S/C32H45N3O5/c1-7-17-33(19-23-13-11-10-12-14-23)29(37)26-25-15-16-32(40-25)27(26)30(38)35(24(20-36)22(6)9-3)28(32)31(39)34(18-8-2)21(4)5/h7-8,10-14,21-22,24-28,36H,1-2,9,15-20H2,3-6H3/t22-,24-,25+,26-,27-,28?,32?/m0/s1. The third-order valence-corrected chi connectivity index (χ3v) is 9.21. The highest BCUT2D eigenvalue weighted by atomic mass is 16.5. The highest BCUT2D eigenvalue weighted by molar-refractivity contribution is 5.99. The van der Waals surface area contributed by atoms with Crippen molar-refractivity contribution in [3.63, 3.8) is 0 Å². The predicted octanol–water partition coefficient (Wildman–Crippen LogP) is 3.41. The molecule has 0 saturated carbocycles. The highest BCUT2D eigenvalue weighted by Gasteiger charge is 2.75. The van der Waals surface area contributed by atoms with E-state index in [1.807, 2.05) is 58.0 Å². The average Bonchev–Trinajstić information content (AvgIpc) is 3.59. The van der Waals surface area contributed by atoms with E-state index in [-0.39, 0.29) is 36.3 Å². The zero-order chi connectivity index (χ0) is 29.2. The molecule has 0 aliphatic carbocycles. The molecule has 0 radical (unpaired) electrons. The van der Waals surface area contributed by atoms with E-state index in [0.717, 1.165) is 12.0 Å². The summed E-state index contributed by atoms with van der Waals surface area (Å²) in [5.74, 6) is -2.17. The Labute approximate surface area is 238 Å². The molecule has 7 atom stereocenters. The fourth-order valence-corrected chi connectivity index (χ4v) is 7.08. The van der Waals surface area contributed by atoms with Gasteiger partial charge in [-0.05, 0) is 38.2 Å². The summed E-state index contributed by atoms with van der Waals surface area (Å²) < 4.78 is 6.66. The minimum absolute atomic E-state index is 0.0481. The molecule has 0 aromatic heterocycles. The van der Waals surface area contributed by atoms with Crippen LogP contribution in [0.3, 0.4) is 0 Å². The van der Waals surface area contributed by atoms with Gasteiger partial charge in [0.1, 0.15) is 11.6 Å². The molecule has 1 N–H and O–H groups in total. The predicted molar refractivity (Wildman–Crippen MR) is 154 cm³/mol. The lowest BCUT2D eigenvalue weighted by Crippen LogP contribution is -2.60. The molecule has 3 amide bonds. The smallest absolute Gasteiger partial charge is 0.248 e. The second kappa shape index (κ2) is 12.3. The Morgan fingerprint density at radius 1 is 1.15 bits per heavy atom. The van der Waals surface area contributed by atoms with Gasteiger partial charge in [0.2, 0.25) is 17.7 Å². The highest BCUT2D eigenvalue weighted by Crippen LogP contribution is 2.59. The van der Waals surface area contributed by atoms with Crippen LogP contribution in [-0.2, 0) is 25.7 Å². The Balaban J connectivity index is 1.77. The first-order valence-electron chi connectivity index (χ1n) is 14.6. The van der Waals surface area contributed by atoms with Gasteiger partial charge in [-0.1, -0.05) is 62.8 Å². The summed E-state index contributed by atoms with van der Waals surface area (Å²) in [4.78, 5) is 48.1. The van der Waals surface area contributed by atoms with Crippen LogP contribution in [-0.4, -0.2) is 87.1 Å².